The number of ether oxygens (including phenoxy) is 1. The number of nitrogens with two attached hydrogens (primary N) is 1. The predicted molar refractivity (Wildman–Crippen MR) is 70.7 cm³/mol. The van der Waals surface area contributed by atoms with Crippen molar-refractivity contribution in [3.05, 3.63) is 23.8 Å². The van der Waals surface area contributed by atoms with Crippen LogP contribution in [0.1, 0.15) is 25.5 Å². The molecule has 100 valence electrons. The fourth-order valence-electron chi connectivity index (χ4n) is 1.96. The van der Waals surface area contributed by atoms with Crippen LogP contribution in [-0.4, -0.2) is 31.2 Å². The number of likely N-dealkylation sites (N-methyl/N-ethyl adjacent to an activating group) is 1. The minimum Gasteiger partial charge on any atom is -0.496 e. The van der Waals surface area contributed by atoms with Crippen molar-refractivity contribution >= 4 is 11.6 Å². The highest BCUT2D eigenvalue weighted by molar-refractivity contribution is 5.80. The first-order valence-corrected chi connectivity index (χ1v) is 5.89. The maximum Gasteiger partial charge on any atom is 0.236 e. The van der Waals surface area contributed by atoms with E-state index in [2.05, 4.69) is 0 Å². The summed E-state index contributed by atoms with van der Waals surface area (Å²) in [6.07, 6.45) is -0.682. The maximum atomic E-state index is 11.1. The summed E-state index contributed by atoms with van der Waals surface area (Å²) >= 11 is 0. The van der Waals surface area contributed by atoms with Gasteiger partial charge in [-0.1, -0.05) is 6.07 Å². The largest absolute Gasteiger partial charge is 0.496 e. The van der Waals surface area contributed by atoms with Gasteiger partial charge in [0.1, 0.15) is 5.75 Å². The summed E-state index contributed by atoms with van der Waals surface area (Å²) in [5.41, 5.74) is 6.67. The summed E-state index contributed by atoms with van der Waals surface area (Å²) in [6.45, 7) is 4.33. The topological polar surface area (TPSA) is 75.8 Å². The molecule has 1 aromatic carbocycles. The van der Waals surface area contributed by atoms with E-state index in [1.165, 1.54) is 0 Å². The highest BCUT2D eigenvalue weighted by Crippen LogP contribution is 2.34. The lowest BCUT2D eigenvalue weighted by molar-refractivity contribution is -0.116. The number of anilines is 1. The highest BCUT2D eigenvalue weighted by Gasteiger charge is 2.18. The van der Waals surface area contributed by atoms with Crippen LogP contribution in [0.25, 0.3) is 0 Å². The van der Waals surface area contributed by atoms with Crippen LogP contribution >= 0.6 is 0 Å². The smallest absolute Gasteiger partial charge is 0.236 e. The van der Waals surface area contributed by atoms with Gasteiger partial charge in [-0.25, -0.2) is 0 Å². The van der Waals surface area contributed by atoms with Crippen LogP contribution in [0.3, 0.4) is 0 Å². The molecule has 0 bridgehead atoms. The number of rotatable bonds is 6. The van der Waals surface area contributed by atoms with E-state index in [0.717, 1.165) is 5.69 Å². The monoisotopic (exact) mass is 252 g/mol. The van der Waals surface area contributed by atoms with Crippen LogP contribution in [0.15, 0.2) is 18.2 Å². The number of hydrogen-bond donors (Lipinski definition) is 2. The third-order valence-electron chi connectivity index (χ3n) is 2.75. The minimum absolute atomic E-state index is 0.114. The van der Waals surface area contributed by atoms with E-state index in [1.807, 2.05) is 24.0 Å². The Bertz CT molecular complexity index is 419. The number of nitrogens with zero attached hydrogens (tertiary/aromatic N) is 1. The Morgan fingerprint density at radius 3 is 2.67 bits per heavy atom. The standard InChI is InChI=1S/C13H20N2O3/c1-4-15(8-12(14)17)10-6-5-7-11(18-3)13(10)9(2)16/h5-7,9,16H,4,8H2,1-3H3,(H2,14,17)/t9-/m1/s1. The average molecular weight is 252 g/mol. The molecule has 3 N–H and O–H groups in total. The second kappa shape index (κ2) is 6.26. The molecule has 0 aromatic heterocycles. The average Bonchev–Trinajstić information content (AvgIpc) is 2.34. The lowest BCUT2D eigenvalue weighted by Crippen LogP contribution is -2.34. The molecular formula is C13H20N2O3. The van der Waals surface area contributed by atoms with Crippen LogP contribution in [-0.2, 0) is 4.79 Å². The number of amides is 1. The second-order valence-corrected chi connectivity index (χ2v) is 4.05. The van der Waals surface area contributed by atoms with Gasteiger partial charge in [0, 0.05) is 17.8 Å². The zero-order valence-corrected chi connectivity index (χ0v) is 11.0. The first-order chi connectivity index (χ1) is 8.51. The van der Waals surface area contributed by atoms with Gasteiger partial charge in [-0.3, -0.25) is 4.79 Å². The van der Waals surface area contributed by atoms with E-state index < -0.39 is 12.0 Å². The Kier molecular flexibility index (Phi) is 4.97. The Labute approximate surface area is 107 Å². The number of aliphatic hydroxyl groups excluding tert-OH is 1. The van der Waals surface area contributed by atoms with E-state index in [1.54, 1.807) is 20.1 Å². The van der Waals surface area contributed by atoms with E-state index in [0.29, 0.717) is 17.9 Å². The molecule has 0 aliphatic heterocycles. The first kappa shape index (κ1) is 14.3. The van der Waals surface area contributed by atoms with Crippen LogP contribution < -0.4 is 15.4 Å². The molecule has 0 aliphatic rings. The Morgan fingerprint density at radius 2 is 2.22 bits per heavy atom. The number of carbonyl (C=O) groups excluding carboxylic acids is 1. The Morgan fingerprint density at radius 1 is 1.56 bits per heavy atom. The molecule has 0 saturated heterocycles. The molecule has 18 heavy (non-hydrogen) atoms. The highest BCUT2D eigenvalue weighted by atomic mass is 16.5. The molecule has 0 saturated carbocycles. The summed E-state index contributed by atoms with van der Waals surface area (Å²) in [5, 5.41) is 9.87. The van der Waals surface area contributed by atoms with Gasteiger partial charge in [0.15, 0.2) is 0 Å². The van der Waals surface area contributed by atoms with Crippen LogP contribution in [0, 0.1) is 0 Å². The molecule has 1 aromatic rings. The molecule has 0 spiro atoms. The molecular weight excluding hydrogens is 232 g/mol. The van der Waals surface area contributed by atoms with Gasteiger partial charge in [-0.15, -0.1) is 0 Å². The van der Waals surface area contributed by atoms with Crippen LogP contribution in [0.2, 0.25) is 0 Å². The molecule has 0 aliphatic carbocycles. The van der Waals surface area contributed by atoms with Gasteiger partial charge >= 0.3 is 0 Å². The number of aliphatic hydroxyl groups is 1. The predicted octanol–water partition coefficient (Wildman–Crippen LogP) is 1.06. The summed E-state index contributed by atoms with van der Waals surface area (Å²) in [6, 6.07) is 5.45. The van der Waals surface area contributed by atoms with Gasteiger partial charge in [-0.05, 0) is 26.0 Å². The number of carbonyl (C=O) groups is 1. The van der Waals surface area contributed by atoms with Crippen LogP contribution in [0.5, 0.6) is 5.75 Å². The first-order valence-electron chi connectivity index (χ1n) is 5.89. The zero-order valence-electron chi connectivity index (χ0n) is 11.0. The second-order valence-electron chi connectivity index (χ2n) is 4.05. The summed E-state index contributed by atoms with van der Waals surface area (Å²) in [5.74, 6) is 0.196. The number of hydrogen-bond acceptors (Lipinski definition) is 4. The van der Waals surface area contributed by atoms with E-state index >= 15 is 0 Å². The van der Waals surface area contributed by atoms with Crippen molar-refractivity contribution in [3.63, 3.8) is 0 Å². The van der Waals surface area contributed by atoms with Crippen molar-refractivity contribution in [1.29, 1.82) is 0 Å². The van der Waals surface area contributed by atoms with Crippen molar-refractivity contribution in [2.75, 3.05) is 25.1 Å². The van der Waals surface area contributed by atoms with Gasteiger partial charge in [0.05, 0.1) is 19.8 Å². The Balaban J connectivity index is 3.24. The lowest BCUT2D eigenvalue weighted by Gasteiger charge is -2.26. The van der Waals surface area contributed by atoms with Crippen molar-refractivity contribution in [2.24, 2.45) is 5.73 Å². The molecule has 5 nitrogen and oxygen atoms in total. The maximum absolute atomic E-state index is 11.1. The van der Waals surface area contributed by atoms with Gasteiger partial charge < -0.3 is 20.5 Å². The molecule has 0 radical (unpaired) electrons. The normalized spacial score (nSPS) is 12.0. The van der Waals surface area contributed by atoms with Gasteiger partial charge in [-0.2, -0.15) is 0 Å². The molecule has 1 rings (SSSR count). The quantitative estimate of drug-likeness (QED) is 0.793. The van der Waals surface area contributed by atoms with E-state index in [-0.39, 0.29) is 6.54 Å². The molecule has 0 fully saturated rings. The van der Waals surface area contributed by atoms with Crippen molar-refractivity contribution in [3.8, 4) is 5.75 Å². The number of primary amides is 1. The molecule has 1 atom stereocenters. The third kappa shape index (κ3) is 3.13. The fourth-order valence-corrected chi connectivity index (χ4v) is 1.96. The summed E-state index contributed by atoms with van der Waals surface area (Å²) in [7, 11) is 1.55. The van der Waals surface area contributed by atoms with Crippen molar-refractivity contribution in [2.45, 2.75) is 20.0 Å². The number of benzene rings is 1. The summed E-state index contributed by atoms with van der Waals surface area (Å²) < 4.78 is 5.24. The molecule has 1 amide bonds. The molecule has 0 unspecified atom stereocenters. The van der Waals surface area contributed by atoms with Gasteiger partial charge in [0.2, 0.25) is 5.91 Å². The fraction of sp³-hybridized carbons (Fsp3) is 0.462. The zero-order chi connectivity index (χ0) is 13.7. The third-order valence-corrected chi connectivity index (χ3v) is 2.75. The number of methoxy groups -OCH3 is 1. The molecule has 5 heteroatoms. The molecule has 0 heterocycles. The minimum atomic E-state index is -0.682. The van der Waals surface area contributed by atoms with Crippen LogP contribution in [0.4, 0.5) is 5.69 Å². The Hall–Kier alpha value is -1.75. The van der Waals surface area contributed by atoms with Gasteiger partial charge in [0.25, 0.3) is 0 Å². The van der Waals surface area contributed by atoms with Crippen molar-refractivity contribution < 1.29 is 14.6 Å². The van der Waals surface area contributed by atoms with E-state index in [9.17, 15) is 9.90 Å². The SMILES string of the molecule is CCN(CC(N)=O)c1cccc(OC)c1[C@@H](C)O. The summed E-state index contributed by atoms with van der Waals surface area (Å²) in [4.78, 5) is 12.9. The lowest BCUT2D eigenvalue weighted by atomic mass is 10.1. The van der Waals surface area contributed by atoms with E-state index in [4.69, 9.17) is 10.5 Å². The van der Waals surface area contributed by atoms with Crippen molar-refractivity contribution in [1.82, 2.24) is 0 Å².